The van der Waals surface area contributed by atoms with E-state index in [2.05, 4.69) is 31.3 Å². The zero-order chi connectivity index (χ0) is 14.5. The zero-order valence-electron chi connectivity index (χ0n) is 11.7. The largest absolute Gasteiger partial charge is 0.322 e. The van der Waals surface area contributed by atoms with Crippen LogP contribution in [0.25, 0.3) is 0 Å². The number of rotatable bonds is 4. The Morgan fingerprint density at radius 2 is 1.80 bits per heavy atom. The summed E-state index contributed by atoms with van der Waals surface area (Å²) in [7, 11) is 0. The van der Waals surface area contributed by atoms with Crippen LogP contribution >= 0.6 is 11.6 Å². The molecule has 104 valence electrons. The van der Waals surface area contributed by atoms with Crippen molar-refractivity contribution in [1.82, 2.24) is 0 Å². The topological polar surface area (TPSA) is 29.1 Å². The van der Waals surface area contributed by atoms with Crippen LogP contribution in [0, 0.1) is 0 Å². The van der Waals surface area contributed by atoms with E-state index in [-0.39, 0.29) is 5.91 Å². The predicted molar refractivity (Wildman–Crippen MR) is 84.6 cm³/mol. The average Bonchev–Trinajstić information content (AvgIpc) is 2.47. The highest BCUT2D eigenvalue weighted by molar-refractivity contribution is 6.34. The molecule has 1 N–H and O–H groups in total. The molecule has 0 fully saturated rings. The van der Waals surface area contributed by atoms with Crippen LogP contribution in [0.5, 0.6) is 0 Å². The molecule has 0 bridgehead atoms. The summed E-state index contributed by atoms with van der Waals surface area (Å²) in [6.45, 7) is 4.36. The normalized spacial score (nSPS) is 11.9. The molecule has 0 aliphatic rings. The Balaban J connectivity index is 2.11. The fourth-order valence-electron chi connectivity index (χ4n) is 1.97. The van der Waals surface area contributed by atoms with Gasteiger partial charge >= 0.3 is 0 Å². The SMILES string of the molecule is CC[C@H](C)c1ccc(NC(=O)c2ccccc2Cl)cc1. The fourth-order valence-corrected chi connectivity index (χ4v) is 2.20. The molecule has 0 spiro atoms. The Kier molecular flexibility index (Phi) is 4.80. The van der Waals surface area contributed by atoms with Gasteiger partial charge in [0.05, 0.1) is 10.6 Å². The maximum absolute atomic E-state index is 12.1. The van der Waals surface area contributed by atoms with Gasteiger partial charge in [0, 0.05) is 5.69 Å². The van der Waals surface area contributed by atoms with E-state index in [0.29, 0.717) is 16.5 Å². The minimum absolute atomic E-state index is 0.188. The molecule has 1 amide bonds. The van der Waals surface area contributed by atoms with Gasteiger partial charge in [-0.15, -0.1) is 0 Å². The van der Waals surface area contributed by atoms with Crippen LogP contribution in [0.3, 0.4) is 0 Å². The molecule has 0 aromatic heterocycles. The highest BCUT2D eigenvalue weighted by atomic mass is 35.5. The number of carbonyl (C=O) groups is 1. The van der Waals surface area contributed by atoms with Crippen LogP contribution in [-0.2, 0) is 0 Å². The van der Waals surface area contributed by atoms with Gasteiger partial charge < -0.3 is 5.32 Å². The molecule has 0 unspecified atom stereocenters. The molecule has 3 heteroatoms. The number of halogens is 1. The second-order valence-electron chi connectivity index (χ2n) is 4.87. The van der Waals surface area contributed by atoms with E-state index in [1.54, 1.807) is 24.3 Å². The minimum Gasteiger partial charge on any atom is -0.322 e. The van der Waals surface area contributed by atoms with E-state index in [0.717, 1.165) is 12.1 Å². The summed E-state index contributed by atoms with van der Waals surface area (Å²) in [5.41, 5.74) is 2.55. The lowest BCUT2D eigenvalue weighted by molar-refractivity contribution is 0.102. The highest BCUT2D eigenvalue weighted by Crippen LogP contribution is 2.21. The summed E-state index contributed by atoms with van der Waals surface area (Å²) in [6.07, 6.45) is 1.10. The van der Waals surface area contributed by atoms with Crippen molar-refractivity contribution < 1.29 is 4.79 Å². The second-order valence-corrected chi connectivity index (χ2v) is 5.27. The van der Waals surface area contributed by atoms with Gasteiger partial charge in [0.2, 0.25) is 0 Å². The van der Waals surface area contributed by atoms with Gasteiger partial charge in [-0.05, 0) is 42.2 Å². The van der Waals surface area contributed by atoms with E-state index in [4.69, 9.17) is 11.6 Å². The van der Waals surface area contributed by atoms with Crippen LogP contribution in [0.15, 0.2) is 48.5 Å². The first kappa shape index (κ1) is 14.6. The van der Waals surface area contributed by atoms with Crippen molar-refractivity contribution in [3.63, 3.8) is 0 Å². The fraction of sp³-hybridized carbons (Fsp3) is 0.235. The van der Waals surface area contributed by atoms with Gasteiger partial charge in [-0.25, -0.2) is 0 Å². The first-order valence-electron chi connectivity index (χ1n) is 6.77. The predicted octanol–water partition coefficient (Wildman–Crippen LogP) is 5.11. The maximum atomic E-state index is 12.1. The summed E-state index contributed by atoms with van der Waals surface area (Å²) in [5.74, 6) is 0.343. The molecular weight excluding hydrogens is 270 g/mol. The third-order valence-electron chi connectivity index (χ3n) is 3.47. The Bertz CT molecular complexity index is 592. The van der Waals surface area contributed by atoms with Crippen molar-refractivity contribution >= 4 is 23.2 Å². The monoisotopic (exact) mass is 287 g/mol. The van der Waals surface area contributed by atoms with Crippen molar-refractivity contribution in [3.05, 3.63) is 64.7 Å². The molecule has 1 atom stereocenters. The van der Waals surface area contributed by atoms with Gasteiger partial charge in [-0.1, -0.05) is 49.7 Å². The smallest absolute Gasteiger partial charge is 0.257 e. The standard InChI is InChI=1S/C17H18ClNO/c1-3-12(2)13-8-10-14(11-9-13)19-17(20)15-6-4-5-7-16(15)18/h4-12H,3H2,1-2H3,(H,19,20)/t12-/m0/s1. The maximum Gasteiger partial charge on any atom is 0.257 e. The first-order valence-corrected chi connectivity index (χ1v) is 7.15. The van der Waals surface area contributed by atoms with Gasteiger partial charge in [-0.3, -0.25) is 4.79 Å². The molecule has 2 rings (SSSR count). The molecule has 2 aromatic carbocycles. The Morgan fingerprint density at radius 3 is 2.40 bits per heavy atom. The summed E-state index contributed by atoms with van der Waals surface area (Å²) in [6, 6.07) is 15.0. The van der Waals surface area contributed by atoms with Gasteiger partial charge in [0.15, 0.2) is 0 Å². The number of nitrogens with one attached hydrogen (secondary N) is 1. The van der Waals surface area contributed by atoms with Crippen LogP contribution in [0.1, 0.15) is 42.1 Å². The van der Waals surface area contributed by atoms with Crippen LogP contribution in [0.4, 0.5) is 5.69 Å². The van der Waals surface area contributed by atoms with E-state index >= 15 is 0 Å². The molecule has 0 heterocycles. The van der Waals surface area contributed by atoms with E-state index in [1.807, 2.05) is 12.1 Å². The third-order valence-corrected chi connectivity index (χ3v) is 3.80. The van der Waals surface area contributed by atoms with Crippen LogP contribution in [0.2, 0.25) is 5.02 Å². The molecule has 0 radical (unpaired) electrons. The van der Waals surface area contributed by atoms with Crippen LogP contribution in [-0.4, -0.2) is 5.91 Å². The molecule has 0 saturated heterocycles. The molecular formula is C17H18ClNO. The average molecular weight is 288 g/mol. The number of anilines is 1. The summed E-state index contributed by atoms with van der Waals surface area (Å²) in [5, 5.41) is 3.32. The quantitative estimate of drug-likeness (QED) is 0.832. The lowest BCUT2D eigenvalue weighted by Gasteiger charge is -2.11. The lowest BCUT2D eigenvalue weighted by atomic mass is 9.98. The molecule has 0 saturated carbocycles. The number of hydrogen-bond donors (Lipinski definition) is 1. The van der Waals surface area contributed by atoms with E-state index in [1.165, 1.54) is 5.56 Å². The van der Waals surface area contributed by atoms with Crippen LogP contribution < -0.4 is 5.32 Å². The number of benzene rings is 2. The van der Waals surface area contributed by atoms with Crippen molar-refractivity contribution in [2.75, 3.05) is 5.32 Å². The summed E-state index contributed by atoms with van der Waals surface area (Å²) < 4.78 is 0. The van der Waals surface area contributed by atoms with E-state index in [9.17, 15) is 4.79 Å². The Morgan fingerprint density at radius 1 is 1.15 bits per heavy atom. The zero-order valence-corrected chi connectivity index (χ0v) is 12.4. The molecule has 0 aliphatic heterocycles. The summed E-state index contributed by atoms with van der Waals surface area (Å²) in [4.78, 5) is 12.1. The first-order chi connectivity index (χ1) is 9.61. The number of carbonyl (C=O) groups excluding carboxylic acids is 1. The lowest BCUT2D eigenvalue weighted by Crippen LogP contribution is -2.12. The van der Waals surface area contributed by atoms with Crippen molar-refractivity contribution in [3.8, 4) is 0 Å². The van der Waals surface area contributed by atoms with Crippen molar-refractivity contribution in [2.24, 2.45) is 0 Å². The summed E-state index contributed by atoms with van der Waals surface area (Å²) >= 11 is 6.01. The minimum atomic E-state index is -0.188. The van der Waals surface area contributed by atoms with Gasteiger partial charge in [0.1, 0.15) is 0 Å². The molecule has 2 nitrogen and oxygen atoms in total. The van der Waals surface area contributed by atoms with Crippen molar-refractivity contribution in [2.45, 2.75) is 26.2 Å². The van der Waals surface area contributed by atoms with Crippen molar-refractivity contribution in [1.29, 1.82) is 0 Å². The second kappa shape index (κ2) is 6.58. The molecule has 20 heavy (non-hydrogen) atoms. The Hall–Kier alpha value is -1.80. The highest BCUT2D eigenvalue weighted by Gasteiger charge is 2.10. The number of amides is 1. The third kappa shape index (κ3) is 3.40. The molecule has 0 aliphatic carbocycles. The van der Waals surface area contributed by atoms with Gasteiger partial charge in [0.25, 0.3) is 5.91 Å². The van der Waals surface area contributed by atoms with E-state index < -0.39 is 0 Å². The van der Waals surface area contributed by atoms with Gasteiger partial charge in [-0.2, -0.15) is 0 Å². The Labute approximate surface area is 124 Å². The molecule has 2 aromatic rings. The number of hydrogen-bond acceptors (Lipinski definition) is 1.